The standard InChI is InChI=1S/C14H16F2N2S/c1-8-4-5-10(15)13(14(8)16)11(17-3)6-12-18-9(2)7-19-12/h4-5,7,11,17H,6H2,1-3H3. The van der Waals surface area contributed by atoms with Gasteiger partial charge in [0, 0.05) is 29.1 Å². The average Bonchev–Trinajstić information content (AvgIpc) is 2.78. The first-order valence-corrected chi connectivity index (χ1v) is 6.93. The zero-order chi connectivity index (χ0) is 14.0. The molecule has 0 radical (unpaired) electrons. The van der Waals surface area contributed by atoms with E-state index in [-0.39, 0.29) is 5.56 Å². The molecule has 19 heavy (non-hydrogen) atoms. The number of benzene rings is 1. The highest BCUT2D eigenvalue weighted by atomic mass is 32.1. The number of aromatic nitrogens is 1. The largest absolute Gasteiger partial charge is 0.312 e. The van der Waals surface area contributed by atoms with E-state index < -0.39 is 17.7 Å². The Bertz CT molecular complexity index is 581. The van der Waals surface area contributed by atoms with Crippen LogP contribution in [0.25, 0.3) is 0 Å². The number of nitrogens with one attached hydrogen (secondary N) is 1. The van der Waals surface area contributed by atoms with Crippen LogP contribution in [-0.4, -0.2) is 12.0 Å². The first-order valence-electron chi connectivity index (χ1n) is 6.05. The summed E-state index contributed by atoms with van der Waals surface area (Å²) in [6, 6.07) is 2.35. The molecule has 5 heteroatoms. The van der Waals surface area contributed by atoms with Crippen LogP contribution in [0.2, 0.25) is 0 Å². The van der Waals surface area contributed by atoms with Gasteiger partial charge < -0.3 is 5.32 Å². The fourth-order valence-electron chi connectivity index (χ4n) is 2.02. The van der Waals surface area contributed by atoms with E-state index in [2.05, 4.69) is 10.3 Å². The topological polar surface area (TPSA) is 24.9 Å². The number of nitrogens with zero attached hydrogens (tertiary/aromatic N) is 1. The summed E-state index contributed by atoms with van der Waals surface area (Å²) in [6.07, 6.45) is 0.478. The third-order valence-corrected chi connectivity index (χ3v) is 4.05. The third-order valence-electron chi connectivity index (χ3n) is 3.06. The summed E-state index contributed by atoms with van der Waals surface area (Å²) >= 11 is 1.51. The number of hydrogen-bond acceptors (Lipinski definition) is 3. The van der Waals surface area contributed by atoms with Gasteiger partial charge in [-0.15, -0.1) is 11.3 Å². The molecule has 1 aromatic carbocycles. The van der Waals surface area contributed by atoms with Crippen molar-refractivity contribution in [1.82, 2.24) is 10.3 Å². The van der Waals surface area contributed by atoms with Gasteiger partial charge in [0.05, 0.1) is 5.01 Å². The van der Waals surface area contributed by atoms with E-state index in [1.165, 1.54) is 23.5 Å². The Labute approximate surface area is 115 Å². The van der Waals surface area contributed by atoms with Crippen LogP contribution in [0.4, 0.5) is 8.78 Å². The summed E-state index contributed by atoms with van der Waals surface area (Å²) in [6.45, 7) is 3.54. The monoisotopic (exact) mass is 282 g/mol. The van der Waals surface area contributed by atoms with Gasteiger partial charge in [0.15, 0.2) is 0 Å². The van der Waals surface area contributed by atoms with Crippen LogP contribution in [0, 0.1) is 25.5 Å². The number of rotatable bonds is 4. The third kappa shape index (κ3) is 2.98. The average molecular weight is 282 g/mol. The molecule has 1 N–H and O–H groups in total. The molecule has 2 aromatic rings. The molecule has 1 atom stereocenters. The highest BCUT2D eigenvalue weighted by Gasteiger charge is 2.21. The van der Waals surface area contributed by atoms with Gasteiger partial charge in [0.25, 0.3) is 0 Å². The fraction of sp³-hybridized carbons (Fsp3) is 0.357. The molecule has 0 bridgehead atoms. The first-order chi connectivity index (χ1) is 9.02. The molecule has 2 rings (SSSR count). The molecule has 0 fully saturated rings. The van der Waals surface area contributed by atoms with Crippen LogP contribution in [0.15, 0.2) is 17.5 Å². The van der Waals surface area contributed by atoms with Gasteiger partial charge in [0.1, 0.15) is 11.6 Å². The van der Waals surface area contributed by atoms with Gasteiger partial charge in [-0.3, -0.25) is 0 Å². The molecular formula is C14H16F2N2S. The second-order valence-electron chi connectivity index (χ2n) is 4.52. The molecule has 0 saturated carbocycles. The van der Waals surface area contributed by atoms with Gasteiger partial charge in [0.2, 0.25) is 0 Å². The van der Waals surface area contributed by atoms with Crippen molar-refractivity contribution in [3.8, 4) is 0 Å². The van der Waals surface area contributed by atoms with Gasteiger partial charge >= 0.3 is 0 Å². The highest BCUT2D eigenvalue weighted by Crippen LogP contribution is 2.26. The Hall–Kier alpha value is -1.33. The molecule has 1 aromatic heterocycles. The molecule has 0 amide bonds. The summed E-state index contributed by atoms with van der Waals surface area (Å²) in [5, 5.41) is 5.78. The second kappa shape index (κ2) is 5.75. The summed E-state index contributed by atoms with van der Waals surface area (Å²) < 4.78 is 28.0. The van der Waals surface area contributed by atoms with Crippen LogP contribution in [0.1, 0.15) is 27.9 Å². The number of halogens is 2. The summed E-state index contributed by atoms with van der Waals surface area (Å²) in [5.41, 5.74) is 1.47. The van der Waals surface area contributed by atoms with E-state index >= 15 is 0 Å². The zero-order valence-electron chi connectivity index (χ0n) is 11.1. The number of likely N-dealkylation sites (N-methyl/N-ethyl adjacent to an activating group) is 1. The maximum absolute atomic E-state index is 14.1. The van der Waals surface area contributed by atoms with Crippen LogP contribution < -0.4 is 5.32 Å². The Kier molecular flexibility index (Phi) is 4.27. The van der Waals surface area contributed by atoms with Crippen LogP contribution in [0.3, 0.4) is 0 Å². The molecular weight excluding hydrogens is 266 g/mol. The van der Waals surface area contributed by atoms with Gasteiger partial charge in [-0.2, -0.15) is 0 Å². The SMILES string of the molecule is CNC(Cc1nc(C)cs1)c1c(F)ccc(C)c1F. The van der Waals surface area contributed by atoms with Gasteiger partial charge in [-0.1, -0.05) is 6.07 Å². The molecule has 0 aliphatic carbocycles. The van der Waals surface area contributed by atoms with E-state index in [4.69, 9.17) is 0 Å². The van der Waals surface area contributed by atoms with Crippen molar-refractivity contribution in [2.24, 2.45) is 0 Å². The molecule has 1 heterocycles. The van der Waals surface area contributed by atoms with Crippen LogP contribution >= 0.6 is 11.3 Å². The predicted molar refractivity (Wildman–Crippen MR) is 73.5 cm³/mol. The van der Waals surface area contributed by atoms with Crippen molar-refractivity contribution in [2.75, 3.05) is 7.05 Å². The summed E-state index contributed by atoms with van der Waals surface area (Å²) in [7, 11) is 1.70. The van der Waals surface area contributed by atoms with Crippen molar-refractivity contribution >= 4 is 11.3 Å². The van der Waals surface area contributed by atoms with Crippen molar-refractivity contribution in [2.45, 2.75) is 26.3 Å². The molecule has 102 valence electrons. The normalized spacial score (nSPS) is 12.7. The lowest BCUT2D eigenvalue weighted by atomic mass is 10.0. The zero-order valence-corrected chi connectivity index (χ0v) is 11.9. The van der Waals surface area contributed by atoms with E-state index in [1.807, 2.05) is 12.3 Å². The predicted octanol–water partition coefficient (Wildman–Crippen LogP) is 3.54. The Morgan fingerprint density at radius 1 is 1.32 bits per heavy atom. The quantitative estimate of drug-likeness (QED) is 0.927. The highest BCUT2D eigenvalue weighted by molar-refractivity contribution is 7.09. The maximum atomic E-state index is 14.1. The molecule has 0 aliphatic heterocycles. The molecule has 0 spiro atoms. The molecule has 1 unspecified atom stereocenters. The number of aryl methyl sites for hydroxylation is 2. The van der Waals surface area contributed by atoms with Gasteiger partial charge in [-0.25, -0.2) is 13.8 Å². The van der Waals surface area contributed by atoms with Crippen LogP contribution in [0.5, 0.6) is 0 Å². The molecule has 0 aliphatic rings. The Morgan fingerprint density at radius 2 is 2.05 bits per heavy atom. The molecule has 2 nitrogen and oxygen atoms in total. The molecule has 0 saturated heterocycles. The lowest BCUT2D eigenvalue weighted by Crippen LogP contribution is -2.22. The minimum atomic E-state index is -0.518. The number of thiazole rings is 1. The second-order valence-corrected chi connectivity index (χ2v) is 5.46. The minimum absolute atomic E-state index is 0.0929. The Morgan fingerprint density at radius 3 is 2.63 bits per heavy atom. The summed E-state index contributed by atoms with van der Waals surface area (Å²) in [5.74, 6) is -0.997. The smallest absolute Gasteiger partial charge is 0.133 e. The van der Waals surface area contributed by atoms with E-state index in [0.717, 1.165) is 10.7 Å². The van der Waals surface area contributed by atoms with Crippen molar-refractivity contribution in [3.05, 3.63) is 51.0 Å². The lowest BCUT2D eigenvalue weighted by Gasteiger charge is -2.18. The maximum Gasteiger partial charge on any atom is 0.133 e. The summed E-state index contributed by atoms with van der Waals surface area (Å²) in [4.78, 5) is 4.34. The van der Waals surface area contributed by atoms with E-state index in [9.17, 15) is 8.78 Å². The van der Waals surface area contributed by atoms with Crippen molar-refractivity contribution in [1.29, 1.82) is 0 Å². The minimum Gasteiger partial charge on any atom is -0.312 e. The lowest BCUT2D eigenvalue weighted by molar-refractivity contribution is 0.485. The fourth-order valence-corrected chi connectivity index (χ4v) is 2.84. The number of hydrogen-bond donors (Lipinski definition) is 1. The van der Waals surface area contributed by atoms with Gasteiger partial charge in [-0.05, 0) is 32.5 Å². The van der Waals surface area contributed by atoms with Crippen molar-refractivity contribution < 1.29 is 8.78 Å². The first kappa shape index (κ1) is 14.1. The Balaban J connectivity index is 2.34. The van der Waals surface area contributed by atoms with E-state index in [0.29, 0.717) is 12.0 Å². The van der Waals surface area contributed by atoms with Crippen LogP contribution in [-0.2, 0) is 6.42 Å². The van der Waals surface area contributed by atoms with E-state index in [1.54, 1.807) is 14.0 Å². The van der Waals surface area contributed by atoms with Crippen molar-refractivity contribution in [3.63, 3.8) is 0 Å².